The minimum absolute atomic E-state index is 0.0220. The quantitative estimate of drug-likeness (QED) is 0.830. The molecule has 0 unspecified atom stereocenters. The lowest BCUT2D eigenvalue weighted by Gasteiger charge is -2.05. The number of benzene rings is 1. The molecule has 1 aromatic carbocycles. The minimum Gasteiger partial charge on any atom is -0.432 e. The first kappa shape index (κ1) is 12.8. The molecule has 1 aromatic heterocycles. The number of amides is 2. The fourth-order valence-electron chi connectivity index (χ4n) is 1.46. The Morgan fingerprint density at radius 1 is 1.16 bits per heavy atom. The Kier molecular flexibility index (Phi) is 3.61. The van der Waals surface area contributed by atoms with Crippen LogP contribution in [0.3, 0.4) is 0 Å². The number of ketones is 1. The van der Waals surface area contributed by atoms with E-state index in [9.17, 15) is 9.59 Å². The first-order chi connectivity index (χ1) is 9.04. The molecule has 98 valence electrons. The lowest BCUT2D eigenvalue weighted by atomic mass is 10.1. The van der Waals surface area contributed by atoms with Crippen LogP contribution in [0, 0.1) is 6.92 Å². The van der Waals surface area contributed by atoms with Gasteiger partial charge in [0.05, 0.1) is 5.69 Å². The summed E-state index contributed by atoms with van der Waals surface area (Å²) in [5.74, 6) is -0.0220. The normalized spacial score (nSPS) is 10.0. The molecular weight excluding hydrogens is 246 g/mol. The van der Waals surface area contributed by atoms with Crippen LogP contribution in [-0.2, 0) is 0 Å². The molecule has 2 aromatic rings. The first-order valence-electron chi connectivity index (χ1n) is 5.66. The number of carbonyl (C=O) groups is 2. The third-order valence-corrected chi connectivity index (χ3v) is 2.39. The maximum absolute atomic E-state index is 11.6. The Morgan fingerprint density at radius 2 is 1.84 bits per heavy atom. The third kappa shape index (κ3) is 3.41. The number of nitrogens with one attached hydrogen (secondary N) is 2. The summed E-state index contributed by atoms with van der Waals surface area (Å²) in [4.78, 5) is 26.7. The van der Waals surface area contributed by atoms with Crippen LogP contribution in [-0.4, -0.2) is 16.8 Å². The second-order valence-electron chi connectivity index (χ2n) is 4.01. The van der Waals surface area contributed by atoms with Gasteiger partial charge in [0.2, 0.25) is 0 Å². The van der Waals surface area contributed by atoms with Gasteiger partial charge in [-0.1, -0.05) is 0 Å². The number of rotatable bonds is 3. The van der Waals surface area contributed by atoms with Crippen molar-refractivity contribution in [2.45, 2.75) is 13.8 Å². The van der Waals surface area contributed by atoms with E-state index in [4.69, 9.17) is 4.42 Å². The summed E-state index contributed by atoms with van der Waals surface area (Å²) >= 11 is 0. The van der Waals surface area contributed by atoms with Crippen molar-refractivity contribution in [1.29, 1.82) is 0 Å². The standard InChI is InChI=1S/C13H13N3O3/c1-8-7-19-13(14-8)16-12(18)15-11-5-3-10(4-6-11)9(2)17/h3-7H,1-2H3,(H2,14,15,16,18). The van der Waals surface area contributed by atoms with Crippen molar-refractivity contribution in [2.24, 2.45) is 0 Å². The summed E-state index contributed by atoms with van der Waals surface area (Å²) in [6, 6.07) is 6.27. The minimum atomic E-state index is -0.461. The molecule has 0 aliphatic carbocycles. The second kappa shape index (κ2) is 5.34. The van der Waals surface area contributed by atoms with Gasteiger partial charge in [-0.25, -0.2) is 4.79 Å². The number of urea groups is 1. The Labute approximate surface area is 109 Å². The molecule has 2 N–H and O–H groups in total. The van der Waals surface area contributed by atoms with Gasteiger partial charge in [0.25, 0.3) is 0 Å². The van der Waals surface area contributed by atoms with Gasteiger partial charge >= 0.3 is 12.0 Å². The average molecular weight is 259 g/mol. The largest absolute Gasteiger partial charge is 0.432 e. The molecule has 2 rings (SSSR count). The predicted molar refractivity (Wildman–Crippen MR) is 70.3 cm³/mol. The monoisotopic (exact) mass is 259 g/mol. The topological polar surface area (TPSA) is 84.2 Å². The summed E-state index contributed by atoms with van der Waals surface area (Å²) in [5.41, 5.74) is 1.85. The Balaban J connectivity index is 1.97. The fraction of sp³-hybridized carbons (Fsp3) is 0.154. The number of aromatic nitrogens is 1. The maximum atomic E-state index is 11.6. The van der Waals surface area contributed by atoms with Crippen molar-refractivity contribution in [1.82, 2.24) is 4.98 Å². The molecule has 1 heterocycles. The van der Waals surface area contributed by atoms with Crippen molar-refractivity contribution in [3.8, 4) is 0 Å². The second-order valence-corrected chi connectivity index (χ2v) is 4.01. The van der Waals surface area contributed by atoms with Gasteiger partial charge in [-0.05, 0) is 38.1 Å². The molecule has 6 heteroatoms. The van der Waals surface area contributed by atoms with Gasteiger partial charge < -0.3 is 9.73 Å². The van der Waals surface area contributed by atoms with Crippen LogP contribution in [0.15, 0.2) is 34.9 Å². The van der Waals surface area contributed by atoms with Gasteiger partial charge in [0, 0.05) is 11.3 Å². The molecule has 2 amide bonds. The summed E-state index contributed by atoms with van der Waals surface area (Å²) < 4.78 is 5.00. The van der Waals surface area contributed by atoms with Gasteiger partial charge in [-0.2, -0.15) is 4.98 Å². The number of Topliss-reactive ketones (excluding diaryl/α,β-unsaturated/α-hetero) is 1. The van der Waals surface area contributed by atoms with Crippen LogP contribution in [0.2, 0.25) is 0 Å². The Bertz CT molecular complexity index is 602. The SMILES string of the molecule is CC(=O)c1ccc(NC(=O)Nc2nc(C)co2)cc1. The molecule has 0 bridgehead atoms. The number of hydrogen-bond acceptors (Lipinski definition) is 4. The van der Waals surface area contributed by atoms with Crippen LogP contribution in [0.1, 0.15) is 23.0 Å². The summed E-state index contributed by atoms with van der Waals surface area (Å²) in [7, 11) is 0. The van der Waals surface area contributed by atoms with Crippen LogP contribution < -0.4 is 10.6 Å². The Morgan fingerprint density at radius 3 is 2.37 bits per heavy atom. The molecule has 0 aliphatic rings. The summed E-state index contributed by atoms with van der Waals surface area (Å²) in [6.45, 7) is 3.24. The van der Waals surface area contributed by atoms with Gasteiger partial charge in [0.15, 0.2) is 5.78 Å². The predicted octanol–water partition coefficient (Wildman–Crippen LogP) is 2.83. The van der Waals surface area contributed by atoms with E-state index < -0.39 is 6.03 Å². The van der Waals surface area contributed by atoms with Crippen molar-refractivity contribution >= 4 is 23.5 Å². The number of oxazole rings is 1. The number of aryl methyl sites for hydroxylation is 1. The number of anilines is 2. The maximum Gasteiger partial charge on any atom is 0.327 e. The van der Waals surface area contributed by atoms with Crippen molar-refractivity contribution in [3.05, 3.63) is 41.8 Å². The molecule has 0 saturated carbocycles. The molecule has 0 atom stereocenters. The Hall–Kier alpha value is -2.63. The zero-order valence-corrected chi connectivity index (χ0v) is 10.6. The van der Waals surface area contributed by atoms with Crippen LogP contribution in [0.25, 0.3) is 0 Å². The zero-order chi connectivity index (χ0) is 13.8. The number of hydrogen-bond donors (Lipinski definition) is 2. The molecule has 19 heavy (non-hydrogen) atoms. The van der Waals surface area contributed by atoms with Crippen molar-refractivity contribution in [2.75, 3.05) is 10.6 Å². The first-order valence-corrected chi connectivity index (χ1v) is 5.66. The molecule has 0 spiro atoms. The fourth-order valence-corrected chi connectivity index (χ4v) is 1.46. The highest BCUT2D eigenvalue weighted by molar-refractivity contribution is 5.99. The van der Waals surface area contributed by atoms with E-state index in [1.165, 1.54) is 13.2 Å². The van der Waals surface area contributed by atoms with Crippen LogP contribution in [0.4, 0.5) is 16.5 Å². The van der Waals surface area contributed by atoms with E-state index in [1.807, 2.05) is 0 Å². The average Bonchev–Trinajstić information content (AvgIpc) is 2.75. The number of nitrogens with zero attached hydrogens (tertiary/aromatic N) is 1. The van der Waals surface area contributed by atoms with E-state index in [2.05, 4.69) is 15.6 Å². The van der Waals surface area contributed by atoms with Gasteiger partial charge in [-0.15, -0.1) is 0 Å². The van der Waals surface area contributed by atoms with Crippen molar-refractivity contribution in [3.63, 3.8) is 0 Å². The van der Waals surface area contributed by atoms with E-state index >= 15 is 0 Å². The molecular formula is C13H13N3O3. The highest BCUT2D eigenvalue weighted by atomic mass is 16.4. The molecule has 0 saturated heterocycles. The molecule has 0 fully saturated rings. The molecule has 0 aliphatic heterocycles. The third-order valence-electron chi connectivity index (χ3n) is 2.39. The molecule has 6 nitrogen and oxygen atoms in total. The summed E-state index contributed by atoms with van der Waals surface area (Å²) in [5, 5.41) is 5.06. The van der Waals surface area contributed by atoms with E-state index in [-0.39, 0.29) is 11.8 Å². The van der Waals surface area contributed by atoms with Gasteiger partial charge in [-0.3, -0.25) is 10.1 Å². The number of carbonyl (C=O) groups excluding carboxylic acids is 2. The lowest BCUT2D eigenvalue weighted by Crippen LogP contribution is -2.19. The highest BCUT2D eigenvalue weighted by Gasteiger charge is 2.07. The van der Waals surface area contributed by atoms with E-state index in [0.29, 0.717) is 16.9 Å². The lowest BCUT2D eigenvalue weighted by molar-refractivity contribution is 0.101. The van der Waals surface area contributed by atoms with Crippen LogP contribution in [0.5, 0.6) is 0 Å². The zero-order valence-electron chi connectivity index (χ0n) is 10.6. The highest BCUT2D eigenvalue weighted by Crippen LogP contribution is 2.11. The van der Waals surface area contributed by atoms with E-state index in [0.717, 1.165) is 0 Å². The van der Waals surface area contributed by atoms with E-state index in [1.54, 1.807) is 31.2 Å². The van der Waals surface area contributed by atoms with Crippen LogP contribution >= 0.6 is 0 Å². The summed E-state index contributed by atoms with van der Waals surface area (Å²) in [6.07, 6.45) is 1.44. The van der Waals surface area contributed by atoms with Crippen molar-refractivity contribution < 1.29 is 14.0 Å². The van der Waals surface area contributed by atoms with Gasteiger partial charge in [0.1, 0.15) is 6.26 Å². The smallest absolute Gasteiger partial charge is 0.327 e. The molecule has 0 radical (unpaired) electrons.